The fraction of sp³-hybridized carbons (Fsp3) is 0.471. The number of benzene rings is 1. The minimum Gasteiger partial charge on any atom is -0.366 e. The molecule has 2 heterocycles. The van der Waals surface area contributed by atoms with Crippen molar-refractivity contribution in [3.05, 3.63) is 29.8 Å². The Morgan fingerprint density at radius 3 is 2.43 bits per heavy atom. The SMILES string of the molecule is NC(=O)c1ccc(-c2nnn(CC(=O)N(C3CC3)[C@H]3CCS(=O)(=O)C3)n2)cc1. The second-order valence-electron chi connectivity index (χ2n) is 7.17. The lowest BCUT2D eigenvalue weighted by atomic mass is 10.1. The Kier molecular flexibility index (Phi) is 4.61. The summed E-state index contributed by atoms with van der Waals surface area (Å²) in [6.07, 6.45) is 2.27. The standard InChI is InChI=1S/C17H20N6O4S/c18-16(25)11-1-3-12(4-2-11)17-19-21-22(20-17)9-15(24)23(13-5-6-13)14-7-8-28(26,27)10-14/h1-4,13-14H,5-10H2,(H2,18,25)/t14-/m0/s1. The van der Waals surface area contributed by atoms with Crippen LogP contribution >= 0.6 is 0 Å². The Morgan fingerprint density at radius 1 is 1.14 bits per heavy atom. The average Bonchev–Trinajstić information content (AvgIpc) is 3.25. The van der Waals surface area contributed by atoms with Gasteiger partial charge in [0.1, 0.15) is 6.54 Å². The molecule has 0 bridgehead atoms. The number of nitrogens with zero attached hydrogens (tertiary/aromatic N) is 5. The van der Waals surface area contributed by atoms with Crippen LogP contribution in [-0.4, -0.2) is 68.9 Å². The van der Waals surface area contributed by atoms with Crippen LogP contribution in [0, 0.1) is 0 Å². The number of tetrazole rings is 1. The summed E-state index contributed by atoms with van der Waals surface area (Å²) in [6.45, 7) is -0.0978. The minimum absolute atomic E-state index is 0.0253. The molecule has 148 valence electrons. The number of primary amides is 1. The number of rotatable bonds is 6. The van der Waals surface area contributed by atoms with Crippen molar-refractivity contribution in [1.29, 1.82) is 0 Å². The lowest BCUT2D eigenvalue weighted by Gasteiger charge is -2.28. The highest BCUT2D eigenvalue weighted by Gasteiger charge is 2.42. The molecule has 2 aromatic rings. The molecule has 4 rings (SSSR count). The van der Waals surface area contributed by atoms with Crippen LogP contribution in [0.1, 0.15) is 29.6 Å². The molecule has 1 saturated carbocycles. The Balaban J connectivity index is 1.46. The van der Waals surface area contributed by atoms with Gasteiger partial charge in [0.2, 0.25) is 17.6 Å². The highest BCUT2D eigenvalue weighted by atomic mass is 32.2. The molecule has 0 spiro atoms. The number of carbonyl (C=O) groups excluding carboxylic acids is 2. The third kappa shape index (κ3) is 3.88. The zero-order valence-corrected chi connectivity index (χ0v) is 15.9. The van der Waals surface area contributed by atoms with Crippen LogP contribution < -0.4 is 5.73 Å². The van der Waals surface area contributed by atoms with E-state index in [1.807, 2.05) is 0 Å². The Bertz CT molecular complexity index is 1010. The van der Waals surface area contributed by atoms with E-state index in [0.29, 0.717) is 23.4 Å². The van der Waals surface area contributed by atoms with Gasteiger partial charge in [0.05, 0.1) is 11.5 Å². The number of hydrogen-bond donors (Lipinski definition) is 1. The molecule has 1 aromatic heterocycles. The highest BCUT2D eigenvalue weighted by Crippen LogP contribution is 2.32. The molecular weight excluding hydrogens is 384 g/mol. The average molecular weight is 404 g/mol. The molecule has 1 saturated heterocycles. The molecule has 2 aliphatic rings. The van der Waals surface area contributed by atoms with Crippen molar-refractivity contribution in [3.63, 3.8) is 0 Å². The van der Waals surface area contributed by atoms with Crippen LogP contribution in [0.3, 0.4) is 0 Å². The van der Waals surface area contributed by atoms with E-state index in [1.54, 1.807) is 29.2 Å². The van der Waals surface area contributed by atoms with E-state index >= 15 is 0 Å². The second kappa shape index (κ2) is 6.97. The number of amides is 2. The second-order valence-corrected chi connectivity index (χ2v) is 9.40. The van der Waals surface area contributed by atoms with Gasteiger partial charge in [-0.05, 0) is 36.6 Å². The van der Waals surface area contributed by atoms with Crippen LogP contribution in [0.15, 0.2) is 24.3 Å². The van der Waals surface area contributed by atoms with Gasteiger partial charge in [0.15, 0.2) is 9.84 Å². The van der Waals surface area contributed by atoms with Gasteiger partial charge in [-0.25, -0.2) is 8.42 Å². The smallest absolute Gasteiger partial charge is 0.248 e. The number of sulfone groups is 1. The first-order valence-electron chi connectivity index (χ1n) is 9.02. The van der Waals surface area contributed by atoms with Gasteiger partial charge in [0.25, 0.3) is 0 Å². The van der Waals surface area contributed by atoms with Gasteiger partial charge in [-0.2, -0.15) is 4.80 Å². The van der Waals surface area contributed by atoms with E-state index < -0.39 is 15.7 Å². The summed E-state index contributed by atoms with van der Waals surface area (Å²) in [5.74, 6) is -0.246. The van der Waals surface area contributed by atoms with Crippen LogP contribution in [0.25, 0.3) is 11.4 Å². The van der Waals surface area contributed by atoms with Crippen molar-refractivity contribution in [1.82, 2.24) is 25.1 Å². The Labute approximate surface area is 161 Å². The Hall–Kier alpha value is -2.82. The first kappa shape index (κ1) is 18.5. The number of aromatic nitrogens is 4. The number of hydrogen-bond acceptors (Lipinski definition) is 7. The molecule has 1 atom stereocenters. The molecule has 11 heteroatoms. The van der Waals surface area contributed by atoms with E-state index in [4.69, 9.17) is 5.73 Å². The molecule has 2 N–H and O–H groups in total. The maximum absolute atomic E-state index is 12.8. The topological polar surface area (TPSA) is 141 Å². The van der Waals surface area contributed by atoms with Gasteiger partial charge >= 0.3 is 0 Å². The summed E-state index contributed by atoms with van der Waals surface area (Å²) in [5.41, 5.74) is 6.24. The van der Waals surface area contributed by atoms with E-state index in [1.165, 1.54) is 4.80 Å². The predicted molar refractivity (Wildman–Crippen MR) is 98.7 cm³/mol. The lowest BCUT2D eigenvalue weighted by Crippen LogP contribution is -2.44. The zero-order valence-electron chi connectivity index (χ0n) is 15.1. The lowest BCUT2D eigenvalue weighted by molar-refractivity contribution is -0.134. The van der Waals surface area contributed by atoms with Crippen LogP contribution in [0.2, 0.25) is 0 Å². The van der Waals surface area contributed by atoms with Crippen molar-refractivity contribution < 1.29 is 18.0 Å². The summed E-state index contributed by atoms with van der Waals surface area (Å²) in [7, 11) is -3.07. The van der Waals surface area contributed by atoms with Gasteiger partial charge in [-0.15, -0.1) is 10.2 Å². The van der Waals surface area contributed by atoms with E-state index in [9.17, 15) is 18.0 Å². The molecular formula is C17H20N6O4S. The van der Waals surface area contributed by atoms with Crippen LogP contribution in [-0.2, 0) is 21.2 Å². The molecule has 1 aliphatic carbocycles. The zero-order chi connectivity index (χ0) is 19.9. The van der Waals surface area contributed by atoms with Gasteiger partial charge < -0.3 is 10.6 Å². The third-order valence-electron chi connectivity index (χ3n) is 4.99. The maximum Gasteiger partial charge on any atom is 0.248 e. The summed E-state index contributed by atoms with van der Waals surface area (Å²) >= 11 is 0. The molecule has 10 nitrogen and oxygen atoms in total. The predicted octanol–water partition coefficient (Wildman–Crippen LogP) is -0.383. The van der Waals surface area contributed by atoms with Crippen LogP contribution in [0.4, 0.5) is 0 Å². The highest BCUT2D eigenvalue weighted by molar-refractivity contribution is 7.91. The van der Waals surface area contributed by atoms with Crippen molar-refractivity contribution in [2.45, 2.75) is 37.9 Å². The van der Waals surface area contributed by atoms with Gasteiger partial charge in [0, 0.05) is 23.2 Å². The molecule has 2 amide bonds. The summed E-state index contributed by atoms with van der Waals surface area (Å²) in [4.78, 5) is 26.9. The van der Waals surface area contributed by atoms with E-state index in [2.05, 4.69) is 15.4 Å². The fourth-order valence-electron chi connectivity index (χ4n) is 3.46. The molecule has 1 aromatic carbocycles. The van der Waals surface area contributed by atoms with E-state index in [0.717, 1.165) is 12.8 Å². The van der Waals surface area contributed by atoms with Crippen molar-refractivity contribution in [2.75, 3.05) is 11.5 Å². The quantitative estimate of drug-likeness (QED) is 0.691. The molecule has 0 unspecified atom stereocenters. The fourth-order valence-corrected chi connectivity index (χ4v) is 5.18. The first-order valence-corrected chi connectivity index (χ1v) is 10.8. The first-order chi connectivity index (χ1) is 13.3. The molecule has 0 radical (unpaired) electrons. The van der Waals surface area contributed by atoms with Crippen molar-refractivity contribution >= 4 is 21.7 Å². The summed E-state index contributed by atoms with van der Waals surface area (Å²) < 4.78 is 23.6. The summed E-state index contributed by atoms with van der Waals surface area (Å²) in [6, 6.07) is 6.29. The maximum atomic E-state index is 12.8. The molecule has 28 heavy (non-hydrogen) atoms. The molecule has 1 aliphatic heterocycles. The van der Waals surface area contributed by atoms with Crippen molar-refractivity contribution in [2.24, 2.45) is 5.73 Å². The minimum atomic E-state index is -3.07. The largest absolute Gasteiger partial charge is 0.366 e. The normalized spacial score (nSPS) is 20.8. The molecule has 2 fully saturated rings. The third-order valence-corrected chi connectivity index (χ3v) is 6.74. The van der Waals surface area contributed by atoms with Crippen LogP contribution in [0.5, 0.6) is 0 Å². The Morgan fingerprint density at radius 2 is 1.86 bits per heavy atom. The van der Waals surface area contributed by atoms with Crippen molar-refractivity contribution in [3.8, 4) is 11.4 Å². The number of carbonyl (C=O) groups is 2. The van der Waals surface area contributed by atoms with Gasteiger partial charge in [-0.1, -0.05) is 12.1 Å². The van der Waals surface area contributed by atoms with Gasteiger partial charge in [-0.3, -0.25) is 9.59 Å². The summed E-state index contributed by atoms with van der Waals surface area (Å²) in [5, 5.41) is 12.1. The van der Waals surface area contributed by atoms with E-state index in [-0.39, 0.29) is 36.0 Å². The number of nitrogens with two attached hydrogens (primary N) is 1. The monoisotopic (exact) mass is 404 g/mol.